The van der Waals surface area contributed by atoms with Crippen molar-refractivity contribution >= 4 is 0 Å². The van der Waals surface area contributed by atoms with Gasteiger partial charge >= 0.3 is 0 Å². The second kappa shape index (κ2) is 5.83. The van der Waals surface area contributed by atoms with Crippen molar-refractivity contribution in [3.05, 3.63) is 23.7 Å². The third kappa shape index (κ3) is 3.71. The minimum Gasteiger partial charge on any atom is -0.504 e. The lowest BCUT2D eigenvalue weighted by atomic mass is 10.3. The van der Waals surface area contributed by atoms with E-state index in [-0.39, 0.29) is 5.76 Å². The summed E-state index contributed by atoms with van der Waals surface area (Å²) in [5, 5.41) is 9.31. The minimum absolute atomic E-state index is 0.233. The van der Waals surface area contributed by atoms with Crippen LogP contribution in [-0.4, -0.2) is 12.2 Å². The molecule has 0 bridgehead atoms. The van der Waals surface area contributed by atoms with Crippen molar-refractivity contribution in [3.63, 3.8) is 0 Å². The lowest BCUT2D eigenvalue weighted by Gasteiger charge is -2.03. The molecule has 64 valence electrons. The Morgan fingerprint density at radius 1 is 1.27 bits per heavy atom. The number of allylic oxidation sites excluding steroid dienone is 2. The molecule has 0 aromatic heterocycles. The molecule has 0 fully saturated rings. The highest BCUT2D eigenvalue weighted by molar-refractivity contribution is 5.18. The maximum Gasteiger partial charge on any atom is 0.156 e. The van der Waals surface area contributed by atoms with Crippen LogP contribution in [0.15, 0.2) is 23.7 Å². The van der Waals surface area contributed by atoms with E-state index in [1.165, 1.54) is 0 Å². The van der Waals surface area contributed by atoms with Crippen LogP contribution in [0.3, 0.4) is 0 Å². The molecule has 0 saturated carbocycles. The van der Waals surface area contributed by atoms with Gasteiger partial charge in [0.1, 0.15) is 0 Å². The van der Waals surface area contributed by atoms with Crippen molar-refractivity contribution in [1.82, 2.24) is 0 Å². The fourth-order valence-corrected chi connectivity index (χ4v) is 0.772. The molecular formula is C9H16O2. The third-order valence-electron chi connectivity index (χ3n) is 1.26. The molecule has 1 N–H and O–H groups in total. The predicted molar refractivity (Wildman–Crippen MR) is 46.4 cm³/mol. The van der Waals surface area contributed by atoms with E-state index in [1.807, 2.05) is 19.9 Å². The fourth-order valence-electron chi connectivity index (χ4n) is 0.772. The highest BCUT2D eigenvalue weighted by Crippen LogP contribution is 2.08. The molecule has 0 aliphatic heterocycles. The Hall–Kier alpha value is -0.920. The van der Waals surface area contributed by atoms with Gasteiger partial charge in [0.2, 0.25) is 0 Å². The Labute approximate surface area is 68.2 Å². The maximum atomic E-state index is 9.31. The summed E-state index contributed by atoms with van der Waals surface area (Å²) < 4.78 is 4.95. The topological polar surface area (TPSA) is 29.5 Å². The molecule has 0 aromatic rings. The van der Waals surface area contributed by atoms with Gasteiger partial charge in [-0.05, 0) is 25.0 Å². The first-order chi connectivity index (χ1) is 5.26. The second-order valence-electron chi connectivity index (χ2n) is 2.18. The van der Waals surface area contributed by atoms with Crippen molar-refractivity contribution in [2.45, 2.75) is 26.7 Å². The monoisotopic (exact) mass is 156 g/mol. The number of rotatable bonds is 4. The summed E-state index contributed by atoms with van der Waals surface area (Å²) in [4.78, 5) is 0. The van der Waals surface area contributed by atoms with E-state index in [4.69, 9.17) is 4.74 Å². The van der Waals surface area contributed by atoms with Crippen LogP contribution in [0.1, 0.15) is 26.7 Å². The summed E-state index contributed by atoms with van der Waals surface area (Å²) in [6, 6.07) is 0. The van der Waals surface area contributed by atoms with Crippen molar-refractivity contribution < 1.29 is 9.84 Å². The molecular weight excluding hydrogens is 140 g/mol. The van der Waals surface area contributed by atoms with Gasteiger partial charge in [-0.3, -0.25) is 0 Å². The SMILES string of the molecule is CCC=C(O)C(=CCC)OC. The van der Waals surface area contributed by atoms with Crippen LogP contribution in [0.2, 0.25) is 0 Å². The van der Waals surface area contributed by atoms with Gasteiger partial charge in [-0.2, -0.15) is 0 Å². The van der Waals surface area contributed by atoms with Crippen LogP contribution in [0.5, 0.6) is 0 Å². The summed E-state index contributed by atoms with van der Waals surface area (Å²) in [5.74, 6) is 0.797. The van der Waals surface area contributed by atoms with E-state index in [9.17, 15) is 5.11 Å². The number of methoxy groups -OCH3 is 1. The lowest BCUT2D eigenvalue weighted by molar-refractivity contribution is 0.254. The van der Waals surface area contributed by atoms with E-state index >= 15 is 0 Å². The van der Waals surface area contributed by atoms with Crippen molar-refractivity contribution in [3.8, 4) is 0 Å². The van der Waals surface area contributed by atoms with Crippen LogP contribution >= 0.6 is 0 Å². The first-order valence-electron chi connectivity index (χ1n) is 3.89. The van der Waals surface area contributed by atoms with E-state index in [2.05, 4.69) is 0 Å². The largest absolute Gasteiger partial charge is 0.504 e. The Balaban J connectivity index is 4.25. The lowest BCUT2D eigenvalue weighted by Crippen LogP contribution is -1.91. The van der Waals surface area contributed by atoms with Crippen LogP contribution in [-0.2, 0) is 4.74 Å². The fraction of sp³-hybridized carbons (Fsp3) is 0.556. The zero-order valence-electron chi connectivity index (χ0n) is 7.42. The zero-order chi connectivity index (χ0) is 8.69. The standard InChI is InChI=1S/C9H16O2/c1-4-6-8(10)9(11-3)7-5-2/h6-7,10H,4-5H2,1-3H3. The van der Waals surface area contributed by atoms with E-state index in [1.54, 1.807) is 13.2 Å². The summed E-state index contributed by atoms with van der Waals surface area (Å²) >= 11 is 0. The Bertz CT molecular complexity index is 157. The average molecular weight is 156 g/mol. The summed E-state index contributed by atoms with van der Waals surface area (Å²) in [5.41, 5.74) is 0. The van der Waals surface area contributed by atoms with Crippen LogP contribution < -0.4 is 0 Å². The summed E-state index contributed by atoms with van der Waals surface area (Å²) in [6.07, 6.45) is 5.26. The molecule has 2 heteroatoms. The highest BCUT2D eigenvalue weighted by atomic mass is 16.5. The Morgan fingerprint density at radius 3 is 2.18 bits per heavy atom. The van der Waals surface area contributed by atoms with Gasteiger partial charge in [0.15, 0.2) is 11.5 Å². The normalized spacial score (nSPS) is 13.4. The molecule has 0 amide bonds. The van der Waals surface area contributed by atoms with E-state index in [0.717, 1.165) is 12.8 Å². The van der Waals surface area contributed by atoms with E-state index in [0.29, 0.717) is 5.76 Å². The van der Waals surface area contributed by atoms with Gasteiger partial charge in [-0.25, -0.2) is 0 Å². The average Bonchev–Trinajstić information content (AvgIpc) is 2.00. The predicted octanol–water partition coefficient (Wildman–Crippen LogP) is 2.78. The van der Waals surface area contributed by atoms with Crippen molar-refractivity contribution in [1.29, 1.82) is 0 Å². The quantitative estimate of drug-likeness (QED) is 0.501. The maximum absolute atomic E-state index is 9.31. The molecule has 0 radical (unpaired) electrons. The Morgan fingerprint density at radius 2 is 1.82 bits per heavy atom. The number of ether oxygens (including phenoxy) is 1. The zero-order valence-corrected chi connectivity index (χ0v) is 7.42. The second-order valence-corrected chi connectivity index (χ2v) is 2.18. The number of hydrogen-bond donors (Lipinski definition) is 1. The molecule has 0 saturated heterocycles. The molecule has 2 nitrogen and oxygen atoms in total. The first kappa shape index (κ1) is 10.1. The van der Waals surface area contributed by atoms with Crippen LogP contribution in [0.25, 0.3) is 0 Å². The molecule has 0 atom stereocenters. The smallest absolute Gasteiger partial charge is 0.156 e. The highest BCUT2D eigenvalue weighted by Gasteiger charge is 1.99. The summed E-state index contributed by atoms with van der Waals surface area (Å²) in [7, 11) is 1.56. The molecule has 0 unspecified atom stereocenters. The van der Waals surface area contributed by atoms with Gasteiger partial charge in [0.25, 0.3) is 0 Å². The number of aliphatic hydroxyl groups excluding tert-OH is 1. The molecule has 0 aromatic carbocycles. The van der Waals surface area contributed by atoms with Gasteiger partial charge in [-0.1, -0.05) is 13.8 Å². The molecule has 0 aliphatic rings. The van der Waals surface area contributed by atoms with Gasteiger partial charge in [-0.15, -0.1) is 0 Å². The van der Waals surface area contributed by atoms with Crippen LogP contribution in [0.4, 0.5) is 0 Å². The number of aliphatic hydroxyl groups is 1. The Kier molecular flexibility index (Phi) is 5.35. The molecule has 11 heavy (non-hydrogen) atoms. The van der Waals surface area contributed by atoms with E-state index < -0.39 is 0 Å². The minimum atomic E-state index is 0.233. The third-order valence-corrected chi connectivity index (χ3v) is 1.26. The molecule has 0 spiro atoms. The van der Waals surface area contributed by atoms with Crippen molar-refractivity contribution in [2.75, 3.05) is 7.11 Å². The molecule has 0 aliphatic carbocycles. The van der Waals surface area contributed by atoms with Gasteiger partial charge in [0, 0.05) is 0 Å². The first-order valence-corrected chi connectivity index (χ1v) is 3.89. The van der Waals surface area contributed by atoms with Gasteiger partial charge < -0.3 is 9.84 Å². The summed E-state index contributed by atoms with van der Waals surface area (Å²) in [6.45, 7) is 3.97. The van der Waals surface area contributed by atoms with Crippen LogP contribution in [0, 0.1) is 0 Å². The molecule has 0 rings (SSSR count). The van der Waals surface area contributed by atoms with Gasteiger partial charge in [0.05, 0.1) is 7.11 Å². The molecule has 0 heterocycles. The van der Waals surface area contributed by atoms with Crippen molar-refractivity contribution in [2.24, 2.45) is 0 Å². The number of hydrogen-bond acceptors (Lipinski definition) is 2.